The number of nitrogens with zero attached hydrogens (tertiary/aromatic N) is 7. The van der Waals surface area contributed by atoms with Gasteiger partial charge in [-0.3, -0.25) is 0 Å². The van der Waals surface area contributed by atoms with E-state index in [1.165, 1.54) is 43.6 Å². The van der Waals surface area contributed by atoms with E-state index in [9.17, 15) is 10.5 Å². The zero-order chi connectivity index (χ0) is 44.6. The molecule has 0 bridgehead atoms. The van der Waals surface area contributed by atoms with Crippen LogP contribution in [0.15, 0.2) is 212 Å². The average molecular weight is 854 g/mol. The highest BCUT2D eigenvalue weighted by Crippen LogP contribution is 2.40. The normalized spacial score (nSPS) is 11.6. The molecule has 4 heterocycles. The minimum Gasteiger partial charge on any atom is -0.309 e. The van der Waals surface area contributed by atoms with E-state index in [-0.39, 0.29) is 0 Å². The van der Waals surface area contributed by atoms with Gasteiger partial charge in [0, 0.05) is 66.1 Å². The Bertz CT molecular complexity index is 3860. The Hall–Kier alpha value is -9.56. The molecule has 0 fully saturated rings. The second-order valence-electron chi connectivity index (χ2n) is 16.9. The summed E-state index contributed by atoms with van der Waals surface area (Å²) in [5, 5.41) is 26.2. The van der Waals surface area contributed by atoms with Crippen LogP contribution in [0.5, 0.6) is 0 Å². The summed E-state index contributed by atoms with van der Waals surface area (Å²) < 4.78 is 7.14. The molecule has 13 aromatic rings. The number of hydrogen-bond acceptors (Lipinski definition) is 4. The van der Waals surface area contributed by atoms with E-state index < -0.39 is 0 Å². The predicted octanol–water partition coefficient (Wildman–Crippen LogP) is 14.5. The molecule has 0 atom stereocenters. The summed E-state index contributed by atoms with van der Waals surface area (Å²) in [6.45, 7) is 0. The highest BCUT2D eigenvalue weighted by atomic mass is 15.0. The van der Waals surface area contributed by atoms with Crippen molar-refractivity contribution in [2.45, 2.75) is 0 Å². The smallest absolute Gasteiger partial charge is 0.160 e. The monoisotopic (exact) mass is 853 g/mol. The van der Waals surface area contributed by atoms with Crippen molar-refractivity contribution in [3.8, 4) is 63.1 Å². The molecule has 0 aliphatic carbocycles. The molecule has 0 aliphatic heterocycles. The van der Waals surface area contributed by atoms with Crippen LogP contribution in [0.2, 0.25) is 0 Å². The maximum Gasteiger partial charge on any atom is 0.160 e. The van der Waals surface area contributed by atoms with E-state index in [2.05, 4.69) is 184 Å². The van der Waals surface area contributed by atoms with Crippen molar-refractivity contribution in [1.29, 1.82) is 10.5 Å². The van der Waals surface area contributed by atoms with Crippen molar-refractivity contribution in [2.75, 3.05) is 0 Å². The first-order valence-electron chi connectivity index (χ1n) is 22.2. The molecule has 0 radical (unpaired) electrons. The standard InChI is InChI=1S/C60H35N7/c61-36-38-17-21-40(22-18-38)52-35-53(64-60(63-52)42-23-19-39(37-62)20-24-42)41-25-27-43(28-26-41)65-58-31-29-44(66-54-13-5-1-9-46(54)47-10-2-6-14-55(47)66)33-50(58)51-34-45(30-32-59(51)65)67-56-15-7-3-11-48(56)49-12-4-8-16-57(49)67/h1-35H. The summed E-state index contributed by atoms with van der Waals surface area (Å²) in [4.78, 5) is 10.0. The summed E-state index contributed by atoms with van der Waals surface area (Å²) in [5.74, 6) is 0.547. The lowest BCUT2D eigenvalue weighted by Crippen LogP contribution is -1.98. The summed E-state index contributed by atoms with van der Waals surface area (Å²) in [5.41, 5.74) is 15.3. The number of fused-ring (bicyclic) bond motifs is 9. The Morgan fingerprint density at radius 3 is 1.03 bits per heavy atom. The van der Waals surface area contributed by atoms with Crippen LogP contribution in [0.25, 0.3) is 116 Å². The Balaban J connectivity index is 1.00. The van der Waals surface area contributed by atoms with Crippen molar-refractivity contribution in [1.82, 2.24) is 23.7 Å². The van der Waals surface area contributed by atoms with Gasteiger partial charge >= 0.3 is 0 Å². The van der Waals surface area contributed by atoms with Gasteiger partial charge in [-0.15, -0.1) is 0 Å². The van der Waals surface area contributed by atoms with Gasteiger partial charge < -0.3 is 13.7 Å². The van der Waals surface area contributed by atoms with Crippen LogP contribution in [0, 0.1) is 22.7 Å². The zero-order valence-corrected chi connectivity index (χ0v) is 35.8. The van der Waals surface area contributed by atoms with Crippen LogP contribution in [-0.4, -0.2) is 23.7 Å². The van der Waals surface area contributed by atoms with Crippen LogP contribution in [-0.2, 0) is 0 Å². The van der Waals surface area contributed by atoms with Gasteiger partial charge in [0.2, 0.25) is 0 Å². The maximum atomic E-state index is 9.47. The molecule has 4 aromatic heterocycles. The average Bonchev–Trinajstić information content (AvgIpc) is 4.04. The minimum atomic E-state index is 0.547. The van der Waals surface area contributed by atoms with Crippen LogP contribution in [0.3, 0.4) is 0 Å². The molecule has 67 heavy (non-hydrogen) atoms. The minimum absolute atomic E-state index is 0.547. The van der Waals surface area contributed by atoms with Crippen molar-refractivity contribution in [2.24, 2.45) is 0 Å². The fourth-order valence-corrected chi connectivity index (χ4v) is 10.0. The molecule has 0 saturated carbocycles. The number of hydrogen-bond donors (Lipinski definition) is 0. The van der Waals surface area contributed by atoms with Gasteiger partial charge in [-0.25, -0.2) is 9.97 Å². The van der Waals surface area contributed by atoms with Crippen molar-refractivity contribution < 1.29 is 0 Å². The van der Waals surface area contributed by atoms with Gasteiger partial charge in [0.25, 0.3) is 0 Å². The van der Waals surface area contributed by atoms with E-state index in [4.69, 9.17) is 9.97 Å². The molecular weight excluding hydrogens is 819 g/mol. The van der Waals surface area contributed by atoms with Crippen molar-refractivity contribution in [3.63, 3.8) is 0 Å². The molecule has 9 aromatic carbocycles. The first-order valence-corrected chi connectivity index (χ1v) is 22.2. The van der Waals surface area contributed by atoms with Gasteiger partial charge in [0.15, 0.2) is 5.82 Å². The lowest BCUT2D eigenvalue weighted by molar-refractivity contribution is 1.16. The summed E-state index contributed by atoms with van der Waals surface area (Å²) in [6, 6.07) is 78.1. The third kappa shape index (κ3) is 6.04. The second kappa shape index (κ2) is 15.0. The fourth-order valence-electron chi connectivity index (χ4n) is 10.0. The van der Waals surface area contributed by atoms with E-state index in [1.807, 2.05) is 30.3 Å². The molecule has 7 nitrogen and oxygen atoms in total. The molecule has 0 saturated heterocycles. The first-order chi connectivity index (χ1) is 33.1. The van der Waals surface area contributed by atoms with E-state index in [1.54, 1.807) is 24.3 Å². The molecule has 0 N–H and O–H groups in total. The van der Waals surface area contributed by atoms with E-state index in [0.29, 0.717) is 17.0 Å². The molecule has 0 amide bonds. The van der Waals surface area contributed by atoms with Gasteiger partial charge in [0.05, 0.1) is 67.8 Å². The number of nitriles is 2. The van der Waals surface area contributed by atoms with Gasteiger partial charge in [0.1, 0.15) is 0 Å². The Labute approximate surface area is 384 Å². The second-order valence-corrected chi connectivity index (χ2v) is 16.9. The Morgan fingerprint density at radius 2 is 0.627 bits per heavy atom. The van der Waals surface area contributed by atoms with Crippen molar-refractivity contribution >= 4 is 65.4 Å². The lowest BCUT2D eigenvalue weighted by Gasteiger charge is -2.12. The van der Waals surface area contributed by atoms with Gasteiger partial charge in [-0.05, 0) is 115 Å². The van der Waals surface area contributed by atoms with Crippen LogP contribution < -0.4 is 0 Å². The molecule has 13 rings (SSSR count). The summed E-state index contributed by atoms with van der Waals surface area (Å²) >= 11 is 0. The summed E-state index contributed by atoms with van der Waals surface area (Å²) in [7, 11) is 0. The zero-order valence-electron chi connectivity index (χ0n) is 35.8. The Kier molecular flexibility index (Phi) is 8.51. The summed E-state index contributed by atoms with van der Waals surface area (Å²) in [6.07, 6.45) is 0. The molecule has 7 heteroatoms. The van der Waals surface area contributed by atoms with Crippen LogP contribution >= 0.6 is 0 Å². The van der Waals surface area contributed by atoms with Crippen LogP contribution in [0.4, 0.5) is 0 Å². The number of rotatable bonds is 6. The first kappa shape index (κ1) is 37.9. The molecule has 0 aliphatic rings. The van der Waals surface area contributed by atoms with Gasteiger partial charge in [-0.1, -0.05) is 97.1 Å². The fraction of sp³-hybridized carbons (Fsp3) is 0. The van der Waals surface area contributed by atoms with Crippen molar-refractivity contribution in [3.05, 3.63) is 223 Å². The Morgan fingerprint density at radius 1 is 0.299 bits per heavy atom. The highest BCUT2D eigenvalue weighted by molar-refractivity contribution is 6.14. The number of benzene rings is 9. The third-order valence-electron chi connectivity index (χ3n) is 13.1. The van der Waals surface area contributed by atoms with Crippen LogP contribution in [0.1, 0.15) is 11.1 Å². The quantitative estimate of drug-likeness (QED) is 0.167. The highest BCUT2D eigenvalue weighted by Gasteiger charge is 2.20. The van der Waals surface area contributed by atoms with Gasteiger partial charge in [-0.2, -0.15) is 10.5 Å². The largest absolute Gasteiger partial charge is 0.309 e. The molecular formula is C60H35N7. The maximum absolute atomic E-state index is 9.47. The number of para-hydroxylation sites is 4. The molecule has 0 spiro atoms. The lowest BCUT2D eigenvalue weighted by atomic mass is 10.0. The van der Waals surface area contributed by atoms with E-state index in [0.717, 1.165) is 66.9 Å². The predicted molar refractivity (Wildman–Crippen MR) is 271 cm³/mol. The third-order valence-corrected chi connectivity index (χ3v) is 13.1. The SMILES string of the molecule is N#Cc1ccc(-c2cc(-c3ccc(-n4c5ccc(-n6c7ccccc7c7ccccc76)cc5c5cc(-n6c7ccccc7c7ccccc76)ccc54)cc3)nc(-c3ccc(C#N)cc3)n2)cc1. The van der Waals surface area contributed by atoms with E-state index >= 15 is 0 Å². The molecule has 310 valence electrons. The molecule has 0 unspecified atom stereocenters. The topological polar surface area (TPSA) is 88.1 Å². The number of aromatic nitrogens is 5.